The van der Waals surface area contributed by atoms with Crippen molar-refractivity contribution in [2.24, 2.45) is 0 Å². The number of carbonyl (C=O) groups excluding carboxylic acids is 1. The predicted octanol–water partition coefficient (Wildman–Crippen LogP) is 1.81. The second kappa shape index (κ2) is 9.28. The van der Waals surface area contributed by atoms with Crippen LogP contribution in [-0.2, 0) is 9.53 Å². The molecule has 1 aliphatic rings. The van der Waals surface area contributed by atoms with E-state index >= 15 is 0 Å². The number of amides is 1. The molecule has 8 nitrogen and oxygen atoms in total. The first kappa shape index (κ1) is 19.8. The maximum absolute atomic E-state index is 13.0. The molecule has 1 amide bonds. The summed E-state index contributed by atoms with van der Waals surface area (Å²) >= 11 is 0. The number of nitrogens with zero attached hydrogens (tertiary/aromatic N) is 1. The topological polar surface area (TPSA) is 94.5 Å². The number of benzene rings is 1. The largest absolute Gasteiger partial charge is 0.490 e. The third-order valence-corrected chi connectivity index (χ3v) is 3.83. The van der Waals surface area contributed by atoms with Crippen LogP contribution in [0.15, 0.2) is 12.1 Å². The third kappa shape index (κ3) is 4.37. The van der Waals surface area contributed by atoms with E-state index in [9.17, 15) is 14.7 Å². The minimum Gasteiger partial charge on any atom is -0.490 e. The minimum atomic E-state index is -1.10. The summed E-state index contributed by atoms with van der Waals surface area (Å²) in [5, 5.41) is 9.35. The van der Waals surface area contributed by atoms with Gasteiger partial charge in [0.05, 0.1) is 33.0 Å². The van der Waals surface area contributed by atoms with Crippen LogP contribution in [0.25, 0.3) is 0 Å². The van der Waals surface area contributed by atoms with Gasteiger partial charge in [-0.05, 0) is 32.9 Å². The van der Waals surface area contributed by atoms with E-state index in [0.717, 1.165) is 0 Å². The van der Waals surface area contributed by atoms with Gasteiger partial charge in [0.2, 0.25) is 5.75 Å². The van der Waals surface area contributed by atoms with E-state index in [1.807, 2.05) is 20.8 Å². The van der Waals surface area contributed by atoms with Crippen molar-refractivity contribution >= 4 is 11.9 Å². The molecular formula is C18H25NO7. The van der Waals surface area contributed by atoms with E-state index in [0.29, 0.717) is 43.7 Å². The van der Waals surface area contributed by atoms with Crippen molar-refractivity contribution in [2.45, 2.75) is 26.8 Å². The molecule has 0 spiro atoms. The van der Waals surface area contributed by atoms with Gasteiger partial charge in [0.25, 0.3) is 5.91 Å². The summed E-state index contributed by atoms with van der Waals surface area (Å²) in [4.78, 5) is 25.7. The highest BCUT2D eigenvalue weighted by atomic mass is 16.5. The Bertz CT molecular complexity index is 619. The van der Waals surface area contributed by atoms with Crippen molar-refractivity contribution in [3.05, 3.63) is 17.7 Å². The van der Waals surface area contributed by atoms with Crippen LogP contribution in [0.3, 0.4) is 0 Å². The average Bonchev–Trinajstić information content (AvgIpc) is 2.64. The number of carboxylic acid groups (broad SMARTS) is 1. The fraction of sp³-hybridized carbons (Fsp3) is 0.556. The van der Waals surface area contributed by atoms with Crippen molar-refractivity contribution < 1.29 is 33.6 Å². The van der Waals surface area contributed by atoms with Crippen molar-refractivity contribution in [3.8, 4) is 17.2 Å². The molecule has 1 unspecified atom stereocenters. The summed E-state index contributed by atoms with van der Waals surface area (Å²) in [6.45, 7) is 7.15. The zero-order valence-electron chi connectivity index (χ0n) is 15.3. The first-order valence-electron chi connectivity index (χ1n) is 8.71. The normalized spacial score (nSPS) is 16.9. The van der Waals surface area contributed by atoms with Gasteiger partial charge in [-0.25, -0.2) is 4.79 Å². The maximum atomic E-state index is 13.0. The lowest BCUT2D eigenvalue weighted by Crippen LogP contribution is -2.52. The number of morpholine rings is 1. The molecule has 1 N–H and O–H groups in total. The van der Waals surface area contributed by atoms with Gasteiger partial charge >= 0.3 is 5.97 Å². The van der Waals surface area contributed by atoms with E-state index in [-0.39, 0.29) is 18.7 Å². The molecule has 0 saturated carbocycles. The van der Waals surface area contributed by atoms with Crippen LogP contribution in [0.5, 0.6) is 17.2 Å². The number of carboxylic acids is 1. The Kier molecular flexibility index (Phi) is 7.08. The van der Waals surface area contributed by atoms with Gasteiger partial charge in [0.1, 0.15) is 0 Å². The molecule has 0 radical (unpaired) electrons. The van der Waals surface area contributed by atoms with E-state index in [4.69, 9.17) is 18.9 Å². The highest BCUT2D eigenvalue weighted by Gasteiger charge is 2.34. The Morgan fingerprint density at radius 1 is 1.12 bits per heavy atom. The lowest BCUT2D eigenvalue weighted by Gasteiger charge is -2.33. The molecule has 1 atom stereocenters. The van der Waals surface area contributed by atoms with Crippen LogP contribution >= 0.6 is 0 Å². The van der Waals surface area contributed by atoms with E-state index in [1.165, 1.54) is 4.90 Å². The number of aliphatic carboxylic acids is 1. The quantitative estimate of drug-likeness (QED) is 0.749. The summed E-state index contributed by atoms with van der Waals surface area (Å²) in [5.74, 6) is -0.290. The van der Waals surface area contributed by atoms with Gasteiger partial charge < -0.3 is 29.0 Å². The molecule has 0 aliphatic carbocycles. The smallest absolute Gasteiger partial charge is 0.328 e. The second-order valence-corrected chi connectivity index (χ2v) is 5.53. The van der Waals surface area contributed by atoms with Gasteiger partial charge in [0, 0.05) is 12.1 Å². The Labute approximate surface area is 152 Å². The number of hydrogen-bond donors (Lipinski definition) is 1. The molecule has 1 fully saturated rings. The molecule has 0 aromatic heterocycles. The van der Waals surface area contributed by atoms with Gasteiger partial charge in [-0.1, -0.05) is 0 Å². The van der Waals surface area contributed by atoms with Crippen LogP contribution in [-0.4, -0.2) is 67.5 Å². The summed E-state index contributed by atoms with van der Waals surface area (Å²) in [6.07, 6.45) is 0. The standard InChI is InChI=1S/C18H25NO7/c1-4-24-14-9-12(10-15(25-5-2)16(14)26-6-3)17(20)19-7-8-23-11-13(19)18(21)22/h9-10,13H,4-8,11H2,1-3H3,(H,21,22). The fourth-order valence-electron chi connectivity index (χ4n) is 2.73. The monoisotopic (exact) mass is 367 g/mol. The minimum absolute atomic E-state index is 0.0330. The van der Waals surface area contributed by atoms with E-state index in [2.05, 4.69) is 0 Å². The number of carbonyl (C=O) groups is 2. The summed E-state index contributed by atoms with van der Waals surface area (Å²) in [6, 6.07) is 2.11. The Morgan fingerprint density at radius 2 is 1.69 bits per heavy atom. The Morgan fingerprint density at radius 3 is 2.19 bits per heavy atom. The lowest BCUT2D eigenvalue weighted by atomic mass is 10.1. The Balaban J connectivity index is 2.43. The second-order valence-electron chi connectivity index (χ2n) is 5.53. The highest BCUT2D eigenvalue weighted by molar-refractivity contribution is 5.98. The molecule has 2 rings (SSSR count). The van der Waals surface area contributed by atoms with Crippen LogP contribution in [0.1, 0.15) is 31.1 Å². The van der Waals surface area contributed by atoms with Crippen molar-refractivity contribution in [1.29, 1.82) is 0 Å². The lowest BCUT2D eigenvalue weighted by molar-refractivity contribution is -0.147. The van der Waals surface area contributed by atoms with Crippen molar-refractivity contribution in [3.63, 3.8) is 0 Å². The molecule has 144 valence electrons. The zero-order chi connectivity index (χ0) is 19.1. The van der Waals surface area contributed by atoms with Crippen LogP contribution in [0.4, 0.5) is 0 Å². The highest BCUT2D eigenvalue weighted by Crippen LogP contribution is 2.39. The van der Waals surface area contributed by atoms with Gasteiger partial charge in [-0.15, -0.1) is 0 Å². The molecule has 1 heterocycles. The van der Waals surface area contributed by atoms with Crippen LogP contribution < -0.4 is 14.2 Å². The molecule has 1 saturated heterocycles. The van der Waals surface area contributed by atoms with Crippen molar-refractivity contribution in [2.75, 3.05) is 39.6 Å². The summed E-state index contributed by atoms with van der Waals surface area (Å²) in [5.41, 5.74) is 0.286. The summed E-state index contributed by atoms with van der Waals surface area (Å²) < 4.78 is 22.0. The van der Waals surface area contributed by atoms with Gasteiger partial charge in [0.15, 0.2) is 17.5 Å². The average molecular weight is 367 g/mol. The van der Waals surface area contributed by atoms with Gasteiger partial charge in [-0.3, -0.25) is 4.79 Å². The first-order chi connectivity index (χ1) is 12.5. The Hall–Kier alpha value is -2.48. The third-order valence-electron chi connectivity index (χ3n) is 3.83. The number of rotatable bonds is 8. The molecule has 1 aliphatic heterocycles. The molecular weight excluding hydrogens is 342 g/mol. The number of hydrogen-bond acceptors (Lipinski definition) is 6. The number of ether oxygens (including phenoxy) is 4. The molecule has 1 aromatic rings. The van der Waals surface area contributed by atoms with E-state index in [1.54, 1.807) is 12.1 Å². The van der Waals surface area contributed by atoms with Gasteiger partial charge in [-0.2, -0.15) is 0 Å². The van der Waals surface area contributed by atoms with Crippen LogP contribution in [0.2, 0.25) is 0 Å². The molecule has 0 bridgehead atoms. The van der Waals surface area contributed by atoms with Crippen LogP contribution in [0, 0.1) is 0 Å². The SMILES string of the molecule is CCOc1cc(C(=O)N2CCOCC2C(=O)O)cc(OCC)c1OCC. The fourth-order valence-corrected chi connectivity index (χ4v) is 2.73. The molecule has 8 heteroatoms. The zero-order valence-corrected chi connectivity index (χ0v) is 15.3. The summed E-state index contributed by atoms with van der Waals surface area (Å²) in [7, 11) is 0. The predicted molar refractivity (Wildman–Crippen MR) is 93.2 cm³/mol. The maximum Gasteiger partial charge on any atom is 0.328 e. The van der Waals surface area contributed by atoms with E-state index < -0.39 is 17.9 Å². The first-order valence-corrected chi connectivity index (χ1v) is 8.71. The molecule has 1 aromatic carbocycles. The van der Waals surface area contributed by atoms with Crippen molar-refractivity contribution in [1.82, 2.24) is 4.90 Å². The molecule has 26 heavy (non-hydrogen) atoms.